The number of para-hydroxylation sites is 1. The van der Waals surface area contributed by atoms with E-state index in [-0.39, 0.29) is 0 Å². The second-order valence-electron chi connectivity index (χ2n) is 12.4. The van der Waals surface area contributed by atoms with Crippen molar-refractivity contribution in [3.05, 3.63) is 157 Å². The van der Waals surface area contributed by atoms with Gasteiger partial charge in [0, 0.05) is 34.3 Å². The van der Waals surface area contributed by atoms with E-state index in [2.05, 4.69) is 79.5 Å². The summed E-state index contributed by atoms with van der Waals surface area (Å²) in [5, 5.41) is 4.42. The second kappa shape index (κ2) is 11.7. The van der Waals surface area contributed by atoms with Crippen LogP contribution in [0.4, 0.5) is 0 Å². The Morgan fingerprint density at radius 2 is 0.959 bits per heavy atom. The zero-order chi connectivity index (χ0) is 32.9. The number of benzene rings is 6. The van der Waals surface area contributed by atoms with Crippen molar-refractivity contribution in [2.75, 3.05) is 0 Å². The first-order valence-electron chi connectivity index (χ1n) is 16.4. The van der Waals surface area contributed by atoms with Gasteiger partial charge < -0.3 is 4.42 Å². The van der Waals surface area contributed by atoms with Crippen LogP contribution in [0, 0.1) is 13.8 Å². The number of hydrogen-bond donors (Lipinski definition) is 0. The van der Waals surface area contributed by atoms with Crippen LogP contribution in [0.25, 0.3) is 89.1 Å². The van der Waals surface area contributed by atoms with Gasteiger partial charge in [0.15, 0.2) is 17.5 Å². The van der Waals surface area contributed by atoms with Crippen molar-refractivity contribution < 1.29 is 4.42 Å². The quantitative estimate of drug-likeness (QED) is 0.189. The summed E-state index contributed by atoms with van der Waals surface area (Å²) in [6.45, 7) is 4.26. The van der Waals surface area contributed by atoms with Crippen LogP contribution in [0.3, 0.4) is 0 Å². The van der Waals surface area contributed by atoms with Crippen molar-refractivity contribution in [1.82, 2.24) is 19.9 Å². The number of nitrogens with zero attached hydrogens (tertiary/aromatic N) is 4. The van der Waals surface area contributed by atoms with Crippen LogP contribution < -0.4 is 0 Å². The van der Waals surface area contributed by atoms with Crippen LogP contribution >= 0.6 is 0 Å². The maximum atomic E-state index is 6.60. The normalized spacial score (nSPS) is 11.5. The van der Waals surface area contributed by atoms with E-state index in [9.17, 15) is 0 Å². The molecule has 0 aliphatic heterocycles. The third-order valence-corrected chi connectivity index (χ3v) is 9.25. The Hall–Kier alpha value is -6.46. The fourth-order valence-corrected chi connectivity index (χ4v) is 6.97. The van der Waals surface area contributed by atoms with E-state index in [1.54, 1.807) is 0 Å². The van der Waals surface area contributed by atoms with E-state index in [0.29, 0.717) is 17.5 Å². The van der Waals surface area contributed by atoms with Crippen LogP contribution in [0.1, 0.15) is 11.1 Å². The first-order chi connectivity index (χ1) is 24.1. The molecule has 0 amide bonds. The maximum Gasteiger partial charge on any atom is 0.167 e. The van der Waals surface area contributed by atoms with Crippen molar-refractivity contribution in [2.45, 2.75) is 13.8 Å². The summed E-state index contributed by atoms with van der Waals surface area (Å²) in [6.07, 6.45) is 3.88. The van der Waals surface area contributed by atoms with Crippen molar-refractivity contribution in [2.24, 2.45) is 0 Å². The van der Waals surface area contributed by atoms with Gasteiger partial charge in [-0.3, -0.25) is 4.98 Å². The molecular formula is C44H30N4O. The standard InChI is InChI=1S/C44H30N4O/c1-27-25-45-26-28(2)40(27)36-22-21-32(33-17-9-10-18-34(33)36)31-23-37-35-19-11-12-20-39(35)49-41(37)38(24-31)44-47-42(29-13-5-3-6-14-29)46-43(48-44)30-15-7-4-8-16-30/h3-26H,1-2H3. The number of rotatable bonds is 5. The summed E-state index contributed by atoms with van der Waals surface area (Å²) in [4.78, 5) is 19.6. The largest absolute Gasteiger partial charge is 0.455 e. The molecule has 0 aliphatic carbocycles. The number of hydrogen-bond acceptors (Lipinski definition) is 5. The van der Waals surface area contributed by atoms with Crippen molar-refractivity contribution in [1.29, 1.82) is 0 Å². The highest BCUT2D eigenvalue weighted by Crippen LogP contribution is 2.43. The Balaban J connectivity index is 1.34. The zero-order valence-electron chi connectivity index (χ0n) is 27.1. The number of furan rings is 1. The van der Waals surface area contributed by atoms with Crippen LogP contribution in [0.15, 0.2) is 150 Å². The van der Waals surface area contributed by atoms with Gasteiger partial charge in [-0.25, -0.2) is 15.0 Å². The van der Waals surface area contributed by atoms with Gasteiger partial charge in [0.25, 0.3) is 0 Å². The third kappa shape index (κ3) is 4.95. The summed E-state index contributed by atoms with van der Waals surface area (Å²) < 4.78 is 6.60. The van der Waals surface area contributed by atoms with Crippen LogP contribution in [-0.2, 0) is 0 Å². The molecular weight excluding hydrogens is 601 g/mol. The molecule has 5 heteroatoms. The van der Waals surface area contributed by atoms with Gasteiger partial charge in [0.05, 0.1) is 5.56 Å². The van der Waals surface area contributed by atoms with Crippen molar-refractivity contribution in [3.63, 3.8) is 0 Å². The van der Waals surface area contributed by atoms with Gasteiger partial charge in [-0.05, 0) is 76.2 Å². The first-order valence-corrected chi connectivity index (χ1v) is 16.4. The van der Waals surface area contributed by atoms with Crippen LogP contribution in [0.2, 0.25) is 0 Å². The third-order valence-electron chi connectivity index (χ3n) is 9.25. The number of pyridine rings is 1. The highest BCUT2D eigenvalue weighted by molar-refractivity contribution is 6.13. The van der Waals surface area contributed by atoms with E-state index < -0.39 is 0 Å². The highest BCUT2D eigenvalue weighted by atomic mass is 16.3. The Kier molecular flexibility index (Phi) is 6.83. The van der Waals surface area contributed by atoms with Crippen molar-refractivity contribution in [3.8, 4) is 56.4 Å². The molecule has 0 spiro atoms. The number of aryl methyl sites for hydroxylation is 2. The molecule has 5 nitrogen and oxygen atoms in total. The van der Waals surface area contributed by atoms with E-state index in [4.69, 9.17) is 19.4 Å². The Labute approximate surface area is 283 Å². The van der Waals surface area contributed by atoms with Gasteiger partial charge in [-0.1, -0.05) is 115 Å². The van der Waals surface area contributed by atoms with Gasteiger partial charge in [0.1, 0.15) is 11.2 Å². The Bertz CT molecular complexity index is 2600. The van der Waals surface area contributed by atoms with E-state index in [0.717, 1.165) is 60.9 Å². The van der Waals surface area contributed by atoms with Gasteiger partial charge in [-0.2, -0.15) is 0 Å². The average molecular weight is 631 g/mol. The molecule has 0 unspecified atom stereocenters. The molecule has 3 aromatic heterocycles. The van der Waals surface area contributed by atoms with E-state index in [1.807, 2.05) is 85.2 Å². The second-order valence-corrected chi connectivity index (χ2v) is 12.4. The molecule has 6 aromatic carbocycles. The highest BCUT2D eigenvalue weighted by Gasteiger charge is 2.21. The molecule has 9 aromatic rings. The minimum absolute atomic E-state index is 0.558. The SMILES string of the molecule is Cc1cncc(C)c1-c1ccc(-c2cc(-c3nc(-c4ccccc4)nc(-c4ccccc4)n3)c3oc4ccccc4c3c2)c2ccccc12. The lowest BCUT2D eigenvalue weighted by atomic mass is 9.88. The molecule has 0 saturated heterocycles. The molecule has 0 bridgehead atoms. The summed E-state index contributed by atoms with van der Waals surface area (Å²) in [5.41, 5.74) is 11.1. The molecule has 0 fully saturated rings. The predicted octanol–water partition coefficient (Wildman–Crippen LogP) is 11.3. The summed E-state index contributed by atoms with van der Waals surface area (Å²) in [5.74, 6) is 1.77. The molecule has 49 heavy (non-hydrogen) atoms. The average Bonchev–Trinajstić information content (AvgIpc) is 3.53. The number of fused-ring (bicyclic) bond motifs is 4. The van der Waals surface area contributed by atoms with Gasteiger partial charge in [-0.15, -0.1) is 0 Å². The van der Waals surface area contributed by atoms with E-state index in [1.165, 1.54) is 21.9 Å². The first kappa shape index (κ1) is 28.7. The molecule has 3 heterocycles. The smallest absolute Gasteiger partial charge is 0.167 e. The monoisotopic (exact) mass is 630 g/mol. The minimum Gasteiger partial charge on any atom is -0.455 e. The fourth-order valence-electron chi connectivity index (χ4n) is 6.97. The molecule has 0 saturated carbocycles. The lowest BCUT2D eigenvalue weighted by Gasteiger charge is -2.16. The Morgan fingerprint density at radius 1 is 0.429 bits per heavy atom. The molecule has 9 rings (SSSR count). The van der Waals surface area contributed by atoms with Crippen LogP contribution in [0.5, 0.6) is 0 Å². The summed E-state index contributed by atoms with van der Waals surface area (Å²) >= 11 is 0. The zero-order valence-corrected chi connectivity index (χ0v) is 27.1. The summed E-state index contributed by atoms with van der Waals surface area (Å²) in [7, 11) is 0. The molecule has 0 N–H and O–H groups in total. The van der Waals surface area contributed by atoms with Gasteiger partial charge >= 0.3 is 0 Å². The topological polar surface area (TPSA) is 64.7 Å². The maximum absolute atomic E-state index is 6.60. The molecule has 0 aliphatic rings. The lowest BCUT2D eigenvalue weighted by Crippen LogP contribution is -2.00. The minimum atomic E-state index is 0.558. The summed E-state index contributed by atoms with van der Waals surface area (Å²) in [6, 6.07) is 45.9. The lowest BCUT2D eigenvalue weighted by molar-refractivity contribution is 0.669. The van der Waals surface area contributed by atoms with Gasteiger partial charge in [0.2, 0.25) is 0 Å². The molecule has 0 radical (unpaired) electrons. The predicted molar refractivity (Wildman–Crippen MR) is 199 cm³/mol. The fraction of sp³-hybridized carbons (Fsp3) is 0.0455. The molecule has 232 valence electrons. The number of aromatic nitrogens is 4. The molecule has 0 atom stereocenters. The van der Waals surface area contributed by atoms with Crippen LogP contribution in [-0.4, -0.2) is 19.9 Å². The Morgan fingerprint density at radius 3 is 1.61 bits per heavy atom. The van der Waals surface area contributed by atoms with E-state index >= 15 is 0 Å². The van der Waals surface area contributed by atoms with Crippen molar-refractivity contribution >= 4 is 32.7 Å².